The third kappa shape index (κ3) is 2.25. The molecule has 0 N–H and O–H groups in total. The second kappa shape index (κ2) is 5.31. The monoisotopic (exact) mass is 319 g/mol. The molecule has 0 fully saturated rings. The minimum absolute atomic E-state index is 0.0664. The summed E-state index contributed by atoms with van der Waals surface area (Å²) in [4.78, 5) is 5.12. The van der Waals surface area contributed by atoms with Gasteiger partial charge in [-0.25, -0.2) is 4.98 Å². The Morgan fingerprint density at radius 1 is 0.667 bits per heavy atom. The fourth-order valence-electron chi connectivity index (χ4n) is 3.94. The van der Waals surface area contributed by atoms with Crippen LogP contribution in [-0.2, 0) is 5.41 Å². The third-order valence-corrected chi connectivity index (χ3v) is 5.85. The summed E-state index contributed by atoms with van der Waals surface area (Å²) in [6.07, 6.45) is 0. The Hall–Kier alpha value is -1.89. The molecule has 24 heavy (non-hydrogen) atoms. The SMILES string of the molecule is Cc1ccc2nc3c(C)c(C)c(C)c(C)c3c(C(C)(C)C)c2c1C. The first-order valence-electron chi connectivity index (χ1n) is 8.86. The zero-order chi connectivity index (χ0) is 18.0. The van der Waals surface area contributed by atoms with E-state index in [9.17, 15) is 0 Å². The molecule has 0 amide bonds. The number of hydrogen-bond donors (Lipinski definition) is 0. The van der Waals surface area contributed by atoms with Crippen LogP contribution in [-0.4, -0.2) is 4.98 Å². The van der Waals surface area contributed by atoms with Gasteiger partial charge >= 0.3 is 0 Å². The van der Waals surface area contributed by atoms with E-state index in [4.69, 9.17) is 4.98 Å². The second-order valence-electron chi connectivity index (χ2n) is 8.36. The van der Waals surface area contributed by atoms with Crippen LogP contribution in [0, 0.1) is 41.5 Å². The van der Waals surface area contributed by atoms with Crippen molar-refractivity contribution in [2.24, 2.45) is 0 Å². The molecule has 1 heterocycles. The van der Waals surface area contributed by atoms with Crippen LogP contribution in [0.2, 0.25) is 0 Å². The van der Waals surface area contributed by atoms with Crippen molar-refractivity contribution in [3.05, 3.63) is 51.1 Å². The molecule has 1 aromatic heterocycles. The normalized spacial score (nSPS) is 12.4. The molecule has 0 aliphatic heterocycles. The molecule has 2 aromatic carbocycles. The molecule has 1 nitrogen and oxygen atoms in total. The van der Waals surface area contributed by atoms with Crippen LogP contribution in [0.5, 0.6) is 0 Å². The third-order valence-electron chi connectivity index (χ3n) is 5.85. The van der Waals surface area contributed by atoms with Crippen molar-refractivity contribution < 1.29 is 0 Å². The summed E-state index contributed by atoms with van der Waals surface area (Å²) in [5.41, 5.74) is 12.0. The molecule has 0 saturated carbocycles. The van der Waals surface area contributed by atoms with E-state index in [0.29, 0.717) is 0 Å². The fourth-order valence-corrected chi connectivity index (χ4v) is 3.94. The van der Waals surface area contributed by atoms with Gasteiger partial charge in [-0.15, -0.1) is 0 Å². The van der Waals surface area contributed by atoms with Crippen molar-refractivity contribution in [3.8, 4) is 0 Å². The molecule has 1 heteroatoms. The van der Waals surface area contributed by atoms with Crippen LogP contribution in [0.1, 0.15) is 59.7 Å². The maximum absolute atomic E-state index is 5.12. The predicted molar refractivity (Wildman–Crippen MR) is 106 cm³/mol. The Bertz CT molecular complexity index is 985. The van der Waals surface area contributed by atoms with E-state index in [2.05, 4.69) is 74.4 Å². The van der Waals surface area contributed by atoms with E-state index in [0.717, 1.165) is 5.52 Å². The van der Waals surface area contributed by atoms with Gasteiger partial charge in [-0.1, -0.05) is 26.8 Å². The van der Waals surface area contributed by atoms with Gasteiger partial charge in [0.1, 0.15) is 0 Å². The Labute approximate surface area is 146 Å². The molecule has 3 aromatic rings. The quantitative estimate of drug-likeness (QED) is 0.429. The number of aryl methyl sites for hydroxylation is 4. The summed E-state index contributed by atoms with van der Waals surface area (Å²) >= 11 is 0. The highest BCUT2D eigenvalue weighted by Crippen LogP contribution is 2.41. The highest BCUT2D eigenvalue weighted by molar-refractivity contribution is 6.03. The Balaban J connectivity index is 2.76. The minimum Gasteiger partial charge on any atom is -0.247 e. The zero-order valence-corrected chi connectivity index (χ0v) is 16.6. The van der Waals surface area contributed by atoms with Crippen LogP contribution in [0.4, 0.5) is 0 Å². The minimum atomic E-state index is 0.0664. The maximum atomic E-state index is 5.12. The summed E-state index contributed by atoms with van der Waals surface area (Å²) in [5, 5.41) is 2.71. The largest absolute Gasteiger partial charge is 0.247 e. The first-order chi connectivity index (χ1) is 11.1. The van der Waals surface area contributed by atoms with E-state index in [1.165, 1.54) is 55.2 Å². The molecule has 0 saturated heterocycles. The van der Waals surface area contributed by atoms with Crippen molar-refractivity contribution in [1.29, 1.82) is 0 Å². The van der Waals surface area contributed by atoms with Gasteiger partial charge in [0.15, 0.2) is 0 Å². The average molecular weight is 319 g/mol. The van der Waals surface area contributed by atoms with Crippen molar-refractivity contribution in [2.75, 3.05) is 0 Å². The van der Waals surface area contributed by atoms with Crippen molar-refractivity contribution >= 4 is 21.8 Å². The lowest BCUT2D eigenvalue weighted by atomic mass is 9.78. The molecule has 0 bridgehead atoms. The van der Waals surface area contributed by atoms with E-state index in [1.807, 2.05) is 0 Å². The van der Waals surface area contributed by atoms with E-state index in [-0.39, 0.29) is 5.41 Å². The summed E-state index contributed by atoms with van der Waals surface area (Å²) in [6.45, 7) is 20.4. The van der Waals surface area contributed by atoms with Gasteiger partial charge in [-0.2, -0.15) is 0 Å². The summed E-state index contributed by atoms with van der Waals surface area (Å²) in [6, 6.07) is 4.39. The van der Waals surface area contributed by atoms with Crippen LogP contribution < -0.4 is 0 Å². The summed E-state index contributed by atoms with van der Waals surface area (Å²) < 4.78 is 0. The lowest BCUT2D eigenvalue weighted by Crippen LogP contribution is -2.15. The van der Waals surface area contributed by atoms with Crippen molar-refractivity contribution in [3.63, 3.8) is 0 Å². The van der Waals surface area contributed by atoms with Crippen LogP contribution in [0.25, 0.3) is 21.8 Å². The lowest BCUT2D eigenvalue weighted by Gasteiger charge is -2.27. The molecule has 0 atom stereocenters. The topological polar surface area (TPSA) is 12.9 Å². The molecule has 0 aliphatic rings. The van der Waals surface area contributed by atoms with Gasteiger partial charge in [0.05, 0.1) is 11.0 Å². The standard InChI is InChI=1S/C23H29N/c1-12-10-11-18-19(13(12)2)21(23(7,8)9)20-16(5)14(3)15(4)17(6)22(20)24-18/h10-11H,1-9H3. The second-order valence-corrected chi connectivity index (χ2v) is 8.36. The smallest absolute Gasteiger partial charge is 0.0747 e. The number of rotatable bonds is 0. The number of fused-ring (bicyclic) bond motifs is 2. The molecule has 3 rings (SSSR count). The average Bonchev–Trinajstić information content (AvgIpc) is 2.51. The van der Waals surface area contributed by atoms with Crippen molar-refractivity contribution in [1.82, 2.24) is 4.98 Å². The van der Waals surface area contributed by atoms with Crippen LogP contribution in [0.15, 0.2) is 12.1 Å². The fraction of sp³-hybridized carbons (Fsp3) is 0.435. The number of benzene rings is 2. The number of aromatic nitrogens is 1. The highest BCUT2D eigenvalue weighted by Gasteiger charge is 2.25. The Kier molecular flexibility index (Phi) is 3.75. The molecule has 0 radical (unpaired) electrons. The molecule has 0 spiro atoms. The number of pyridine rings is 1. The number of hydrogen-bond acceptors (Lipinski definition) is 1. The van der Waals surface area contributed by atoms with E-state index in [1.54, 1.807) is 0 Å². The maximum Gasteiger partial charge on any atom is 0.0747 e. The Morgan fingerprint density at radius 2 is 1.25 bits per heavy atom. The lowest BCUT2D eigenvalue weighted by molar-refractivity contribution is 0.600. The molecule has 0 unspecified atom stereocenters. The molecule has 126 valence electrons. The van der Waals surface area contributed by atoms with E-state index < -0.39 is 0 Å². The first-order valence-corrected chi connectivity index (χ1v) is 8.86. The van der Waals surface area contributed by atoms with Gasteiger partial charge in [-0.05, 0) is 92.0 Å². The van der Waals surface area contributed by atoms with Gasteiger partial charge in [0.25, 0.3) is 0 Å². The summed E-state index contributed by atoms with van der Waals surface area (Å²) in [5.74, 6) is 0. The zero-order valence-electron chi connectivity index (χ0n) is 16.6. The molecular formula is C23H29N. The van der Waals surface area contributed by atoms with Crippen molar-refractivity contribution in [2.45, 2.75) is 67.7 Å². The van der Waals surface area contributed by atoms with Gasteiger partial charge in [0, 0.05) is 10.8 Å². The molecular weight excluding hydrogens is 290 g/mol. The Morgan fingerprint density at radius 3 is 1.83 bits per heavy atom. The predicted octanol–water partition coefficient (Wildman–Crippen LogP) is 6.54. The van der Waals surface area contributed by atoms with Gasteiger partial charge in [0.2, 0.25) is 0 Å². The highest BCUT2D eigenvalue weighted by atomic mass is 14.7. The van der Waals surface area contributed by atoms with E-state index >= 15 is 0 Å². The summed E-state index contributed by atoms with van der Waals surface area (Å²) in [7, 11) is 0. The van der Waals surface area contributed by atoms with Gasteiger partial charge < -0.3 is 0 Å². The van der Waals surface area contributed by atoms with Crippen LogP contribution in [0.3, 0.4) is 0 Å². The van der Waals surface area contributed by atoms with Gasteiger partial charge in [-0.3, -0.25) is 0 Å². The molecule has 0 aliphatic carbocycles. The number of nitrogens with zero attached hydrogens (tertiary/aromatic N) is 1. The first kappa shape index (κ1) is 17.0. The van der Waals surface area contributed by atoms with Crippen LogP contribution >= 0.6 is 0 Å².